The monoisotopic (exact) mass is 443 g/mol. The van der Waals surface area contributed by atoms with Gasteiger partial charge in [-0.1, -0.05) is 26.0 Å². The minimum Gasteiger partial charge on any atom is -0.384 e. The second kappa shape index (κ2) is 7.27. The molecule has 8 heteroatoms. The summed E-state index contributed by atoms with van der Waals surface area (Å²) in [4.78, 5) is 15.6. The van der Waals surface area contributed by atoms with Crippen LogP contribution in [0, 0.1) is 16.7 Å². The van der Waals surface area contributed by atoms with Crippen molar-refractivity contribution in [2.75, 3.05) is 4.90 Å². The molecule has 0 unspecified atom stereocenters. The Labute approximate surface area is 182 Å². The topological polar surface area (TPSA) is 70.1 Å². The van der Waals surface area contributed by atoms with Gasteiger partial charge in [-0.05, 0) is 41.5 Å². The molecule has 0 bridgehead atoms. The second-order valence-electron chi connectivity index (χ2n) is 8.54. The summed E-state index contributed by atoms with van der Waals surface area (Å²) in [6.45, 7) is 3.89. The van der Waals surface area contributed by atoms with Crippen LogP contribution in [0.15, 0.2) is 64.4 Å². The van der Waals surface area contributed by atoms with Gasteiger partial charge < -0.3 is 5.73 Å². The quantitative estimate of drug-likeness (QED) is 0.646. The molecule has 1 aromatic heterocycles. The molecule has 2 aliphatic rings. The number of alkyl halides is 3. The summed E-state index contributed by atoms with van der Waals surface area (Å²) in [6, 6.07) is 10.6. The van der Waals surface area contributed by atoms with E-state index in [0.717, 1.165) is 17.0 Å². The molecule has 2 N–H and O–H groups in total. The molecule has 0 saturated heterocycles. The lowest BCUT2D eigenvalue weighted by Gasteiger charge is -2.43. The molecule has 0 saturated carbocycles. The predicted octanol–water partition coefficient (Wildman–Crippen LogP) is 5.71. The van der Waals surface area contributed by atoms with Crippen LogP contribution in [-0.2, 0) is 11.0 Å². The predicted molar refractivity (Wildman–Crippen MR) is 113 cm³/mol. The van der Waals surface area contributed by atoms with Gasteiger partial charge in [-0.25, -0.2) is 0 Å². The van der Waals surface area contributed by atoms with Gasteiger partial charge in [-0.2, -0.15) is 18.4 Å². The van der Waals surface area contributed by atoms with Crippen molar-refractivity contribution in [3.63, 3.8) is 0 Å². The van der Waals surface area contributed by atoms with Gasteiger partial charge in [0.15, 0.2) is 5.78 Å². The van der Waals surface area contributed by atoms with Crippen molar-refractivity contribution in [2.24, 2.45) is 11.1 Å². The van der Waals surface area contributed by atoms with Crippen LogP contribution in [0.5, 0.6) is 0 Å². The second-order valence-corrected chi connectivity index (χ2v) is 9.52. The molecule has 0 radical (unpaired) electrons. The van der Waals surface area contributed by atoms with E-state index in [2.05, 4.69) is 6.07 Å². The number of benzene rings is 1. The number of nitrogens with two attached hydrogens (primary N) is 1. The van der Waals surface area contributed by atoms with Crippen LogP contribution in [0.1, 0.15) is 43.0 Å². The van der Waals surface area contributed by atoms with Gasteiger partial charge in [0.1, 0.15) is 5.82 Å². The first-order valence-corrected chi connectivity index (χ1v) is 10.6. The fourth-order valence-corrected chi connectivity index (χ4v) is 5.21. The lowest BCUT2D eigenvalue weighted by Crippen LogP contribution is -2.42. The first-order valence-electron chi connectivity index (χ1n) is 9.70. The molecule has 4 nitrogen and oxygen atoms in total. The fourth-order valence-electron chi connectivity index (χ4n) is 4.37. The zero-order valence-electron chi connectivity index (χ0n) is 17.0. The Bertz CT molecular complexity index is 1150. The van der Waals surface area contributed by atoms with Crippen LogP contribution in [0.3, 0.4) is 0 Å². The van der Waals surface area contributed by atoms with Crippen LogP contribution in [0.2, 0.25) is 0 Å². The number of halogens is 3. The van der Waals surface area contributed by atoms with Crippen LogP contribution in [0.25, 0.3) is 0 Å². The number of hydrogen-bond acceptors (Lipinski definition) is 5. The Balaban J connectivity index is 1.98. The minimum absolute atomic E-state index is 0.0597. The maximum atomic E-state index is 13.4. The van der Waals surface area contributed by atoms with Crippen molar-refractivity contribution in [3.8, 4) is 6.07 Å². The molecule has 31 heavy (non-hydrogen) atoms. The van der Waals surface area contributed by atoms with E-state index in [0.29, 0.717) is 24.1 Å². The van der Waals surface area contributed by atoms with Crippen LogP contribution in [0.4, 0.5) is 18.9 Å². The van der Waals surface area contributed by atoms with E-state index < -0.39 is 17.7 Å². The Morgan fingerprint density at radius 2 is 1.97 bits per heavy atom. The summed E-state index contributed by atoms with van der Waals surface area (Å²) in [7, 11) is 0. The highest BCUT2D eigenvalue weighted by Gasteiger charge is 2.45. The molecule has 2 heterocycles. The molecule has 1 aliphatic heterocycles. The molecule has 1 atom stereocenters. The van der Waals surface area contributed by atoms with Crippen molar-refractivity contribution in [3.05, 3.63) is 74.9 Å². The number of ketones is 1. The molecular formula is C23H20F3N3OS. The molecule has 0 spiro atoms. The summed E-state index contributed by atoms with van der Waals surface area (Å²) in [5, 5.41) is 11.8. The number of Topliss-reactive ketones (excluding diaryl/α,β-unsaturated/α-hetero) is 1. The molecule has 1 aromatic carbocycles. The number of allylic oxidation sites excluding steroid dienone is 3. The standard InChI is InChI=1S/C23H20F3N3OS/c1-22(2)10-16-20(17(30)11-22)19(18-7-4-8-31-18)15(12-27)21(28)29(16)14-6-3-5-13(9-14)23(24,25)26/h3-9,19H,10-11,28H2,1-2H3/t19-/m1/s1. The minimum atomic E-state index is -4.53. The summed E-state index contributed by atoms with van der Waals surface area (Å²) in [5.41, 5.74) is 6.59. The average molecular weight is 443 g/mol. The summed E-state index contributed by atoms with van der Waals surface area (Å²) < 4.78 is 40.1. The van der Waals surface area contributed by atoms with Gasteiger partial charge in [0.2, 0.25) is 0 Å². The largest absolute Gasteiger partial charge is 0.416 e. The van der Waals surface area contributed by atoms with E-state index in [-0.39, 0.29) is 28.3 Å². The summed E-state index contributed by atoms with van der Waals surface area (Å²) in [5.74, 6) is -0.656. The van der Waals surface area contributed by atoms with Crippen molar-refractivity contribution >= 4 is 22.8 Å². The number of thiophene rings is 1. The van der Waals surface area contributed by atoms with Gasteiger partial charge in [0, 0.05) is 28.3 Å². The fraction of sp³-hybridized carbons (Fsp3) is 0.304. The highest BCUT2D eigenvalue weighted by Crippen LogP contribution is 2.51. The molecule has 2 aromatic rings. The van der Waals surface area contributed by atoms with Gasteiger partial charge >= 0.3 is 6.18 Å². The van der Waals surface area contributed by atoms with Gasteiger partial charge in [-0.3, -0.25) is 9.69 Å². The van der Waals surface area contributed by atoms with Crippen molar-refractivity contribution in [2.45, 2.75) is 38.8 Å². The van der Waals surface area contributed by atoms with E-state index in [1.807, 2.05) is 31.4 Å². The van der Waals surface area contributed by atoms with Gasteiger partial charge in [-0.15, -0.1) is 11.3 Å². The lowest BCUT2D eigenvalue weighted by molar-refractivity contribution is -0.137. The number of rotatable bonds is 2. The maximum Gasteiger partial charge on any atom is 0.416 e. The summed E-state index contributed by atoms with van der Waals surface area (Å²) >= 11 is 1.42. The van der Waals surface area contributed by atoms with Gasteiger partial charge in [0.25, 0.3) is 0 Å². The molecular weight excluding hydrogens is 423 g/mol. The Morgan fingerprint density at radius 3 is 2.58 bits per heavy atom. The average Bonchev–Trinajstić information content (AvgIpc) is 3.20. The Kier molecular flexibility index (Phi) is 4.97. The van der Waals surface area contributed by atoms with E-state index in [1.165, 1.54) is 28.4 Å². The Morgan fingerprint density at radius 1 is 1.23 bits per heavy atom. The number of nitrogens with zero attached hydrogens (tertiary/aromatic N) is 2. The van der Waals surface area contributed by atoms with Crippen molar-refractivity contribution in [1.82, 2.24) is 0 Å². The number of nitriles is 1. The van der Waals surface area contributed by atoms with Crippen molar-refractivity contribution in [1.29, 1.82) is 5.26 Å². The summed E-state index contributed by atoms with van der Waals surface area (Å²) in [6.07, 6.45) is -3.78. The maximum absolute atomic E-state index is 13.4. The number of carbonyl (C=O) groups excluding carboxylic acids is 1. The number of hydrogen-bond donors (Lipinski definition) is 1. The first-order chi connectivity index (χ1) is 14.5. The lowest BCUT2D eigenvalue weighted by atomic mass is 9.69. The van der Waals surface area contributed by atoms with E-state index >= 15 is 0 Å². The van der Waals surface area contributed by atoms with E-state index in [9.17, 15) is 23.2 Å². The molecule has 0 fully saturated rings. The van der Waals surface area contributed by atoms with Crippen LogP contribution < -0.4 is 10.6 Å². The third kappa shape index (κ3) is 3.63. The first kappa shape index (κ1) is 21.2. The molecule has 160 valence electrons. The molecule has 0 amide bonds. The zero-order valence-corrected chi connectivity index (χ0v) is 17.8. The third-order valence-electron chi connectivity index (χ3n) is 5.64. The van der Waals surface area contributed by atoms with E-state index in [4.69, 9.17) is 5.73 Å². The van der Waals surface area contributed by atoms with Gasteiger partial charge in [0.05, 0.1) is 23.1 Å². The highest BCUT2D eigenvalue weighted by molar-refractivity contribution is 7.10. The Hall–Kier alpha value is -3.05. The highest BCUT2D eigenvalue weighted by atomic mass is 32.1. The van der Waals surface area contributed by atoms with Crippen LogP contribution in [-0.4, -0.2) is 5.78 Å². The smallest absolute Gasteiger partial charge is 0.384 e. The van der Waals surface area contributed by atoms with E-state index in [1.54, 1.807) is 0 Å². The molecule has 4 rings (SSSR count). The zero-order chi connectivity index (χ0) is 22.6. The third-order valence-corrected chi connectivity index (χ3v) is 6.58. The normalized spacial score (nSPS) is 21.2. The number of carbonyl (C=O) groups is 1. The number of anilines is 1. The molecule has 1 aliphatic carbocycles. The SMILES string of the molecule is CC1(C)CC(=O)C2=C(C1)N(c1cccc(C(F)(F)F)c1)C(N)=C(C#N)[C@@H]2c1cccs1. The van der Waals surface area contributed by atoms with Crippen LogP contribution >= 0.6 is 11.3 Å². The van der Waals surface area contributed by atoms with Crippen molar-refractivity contribution < 1.29 is 18.0 Å².